The topological polar surface area (TPSA) is 108 Å². The van der Waals surface area contributed by atoms with Crippen molar-refractivity contribution in [3.8, 4) is 0 Å². The van der Waals surface area contributed by atoms with Crippen LogP contribution in [0.15, 0.2) is 60.8 Å². The summed E-state index contributed by atoms with van der Waals surface area (Å²) in [6.07, 6.45) is 50.0. The number of carbonyl (C=O) groups is 3. The van der Waals surface area contributed by atoms with E-state index in [1.807, 2.05) is 21.1 Å². The minimum atomic E-state index is -1.51. The molecule has 352 valence electrons. The number of aliphatic carboxylic acids is 1. The van der Waals surface area contributed by atoms with Crippen molar-refractivity contribution < 1.29 is 42.9 Å². The Morgan fingerprint density at radius 1 is 0.508 bits per heavy atom. The predicted molar refractivity (Wildman–Crippen MR) is 253 cm³/mol. The van der Waals surface area contributed by atoms with Crippen molar-refractivity contribution in [2.24, 2.45) is 0 Å². The number of allylic oxidation sites excluding steroid dienone is 10. The molecular weight excluding hydrogens is 767 g/mol. The molecule has 0 saturated carbocycles. The quantitative estimate of drug-likeness (QED) is 0.0212. The predicted octanol–water partition coefficient (Wildman–Crippen LogP) is 13.3. The molecule has 0 radical (unpaired) electrons. The average molecular weight is 859 g/mol. The first kappa shape index (κ1) is 58.0. The number of rotatable bonds is 44. The Hall–Kier alpha value is -3.01. The largest absolute Gasteiger partial charge is 0.477 e. The van der Waals surface area contributed by atoms with Crippen LogP contribution < -0.4 is 0 Å². The maximum atomic E-state index is 12.8. The van der Waals surface area contributed by atoms with E-state index in [0.717, 1.165) is 89.9 Å². The zero-order chi connectivity index (χ0) is 44.9. The van der Waals surface area contributed by atoms with Gasteiger partial charge in [0.1, 0.15) is 13.2 Å². The highest BCUT2D eigenvalue weighted by Gasteiger charge is 2.25. The molecule has 0 aliphatic heterocycles. The second-order valence-corrected chi connectivity index (χ2v) is 17.4. The molecule has 0 aromatic carbocycles. The zero-order valence-electron chi connectivity index (χ0n) is 39.8. The van der Waals surface area contributed by atoms with E-state index in [-0.39, 0.29) is 38.6 Å². The number of hydrogen-bond donors (Lipinski definition) is 1. The van der Waals surface area contributed by atoms with E-state index in [1.165, 1.54) is 70.6 Å². The molecular formula is C52H92NO8+. The lowest BCUT2D eigenvalue weighted by Crippen LogP contribution is -2.40. The van der Waals surface area contributed by atoms with E-state index in [2.05, 4.69) is 74.6 Å². The molecule has 0 amide bonds. The van der Waals surface area contributed by atoms with Crippen LogP contribution in [0, 0.1) is 0 Å². The molecule has 0 spiro atoms. The van der Waals surface area contributed by atoms with E-state index in [1.54, 1.807) is 0 Å². The number of carboxylic acid groups (broad SMARTS) is 1. The van der Waals surface area contributed by atoms with Gasteiger partial charge in [-0.2, -0.15) is 0 Å². The van der Waals surface area contributed by atoms with E-state index >= 15 is 0 Å². The van der Waals surface area contributed by atoms with Gasteiger partial charge < -0.3 is 28.5 Å². The lowest BCUT2D eigenvalue weighted by atomic mass is 10.0. The van der Waals surface area contributed by atoms with Gasteiger partial charge in [0.15, 0.2) is 6.10 Å². The van der Waals surface area contributed by atoms with Crippen molar-refractivity contribution >= 4 is 17.9 Å². The van der Waals surface area contributed by atoms with Gasteiger partial charge >= 0.3 is 17.9 Å². The van der Waals surface area contributed by atoms with E-state index in [9.17, 15) is 19.5 Å². The van der Waals surface area contributed by atoms with Crippen molar-refractivity contribution in [2.75, 3.05) is 47.5 Å². The standard InChI is InChI=1S/C52H91NO8/c1-6-8-10-12-14-16-18-19-20-21-22-23-24-25-26-27-28-29-30-31-33-35-37-39-41-43-50(55)61-48(47-60-52(51(56)57)58-45-44-53(3,4)5)46-59-49(54)42-40-38-36-34-32-17-15-13-11-9-7-2/h8,10,13-16,19-20,22-23,48,52H,6-7,9,11-12,17-18,21,24-47H2,1-5H3/p+1/b10-8-,15-13-,16-14-,20-19-,23-22-. The Balaban J connectivity index is 4.27. The molecule has 0 fully saturated rings. The highest BCUT2D eigenvalue weighted by atomic mass is 16.7. The fraction of sp³-hybridized carbons (Fsp3) is 0.750. The van der Waals surface area contributed by atoms with Crippen LogP contribution in [0.3, 0.4) is 0 Å². The van der Waals surface area contributed by atoms with Crippen molar-refractivity contribution in [1.82, 2.24) is 0 Å². The second kappa shape index (κ2) is 43.6. The average Bonchev–Trinajstić information content (AvgIpc) is 3.22. The van der Waals surface area contributed by atoms with Gasteiger partial charge in [-0.05, 0) is 70.6 Å². The van der Waals surface area contributed by atoms with E-state index in [4.69, 9.17) is 18.9 Å². The van der Waals surface area contributed by atoms with Crippen LogP contribution in [0.1, 0.15) is 194 Å². The molecule has 0 aromatic rings. The van der Waals surface area contributed by atoms with Gasteiger partial charge in [-0.1, -0.05) is 171 Å². The summed E-state index contributed by atoms with van der Waals surface area (Å²) in [5.74, 6) is -2.02. The molecule has 0 heterocycles. The van der Waals surface area contributed by atoms with Gasteiger partial charge in [0.05, 0.1) is 34.4 Å². The summed E-state index contributed by atoms with van der Waals surface area (Å²) in [7, 11) is 5.95. The number of unbranched alkanes of at least 4 members (excludes halogenated alkanes) is 19. The number of nitrogens with zero attached hydrogens (tertiary/aromatic N) is 1. The molecule has 2 atom stereocenters. The summed E-state index contributed by atoms with van der Waals surface area (Å²) in [4.78, 5) is 37.1. The van der Waals surface area contributed by atoms with Crippen LogP contribution in [-0.4, -0.2) is 87.4 Å². The number of ether oxygens (including phenoxy) is 4. The Bertz CT molecular complexity index is 1180. The first-order valence-electron chi connectivity index (χ1n) is 24.5. The van der Waals surface area contributed by atoms with Crippen LogP contribution in [0.5, 0.6) is 0 Å². The van der Waals surface area contributed by atoms with Crippen LogP contribution in [-0.2, 0) is 33.3 Å². The third-order valence-electron chi connectivity index (χ3n) is 10.3. The van der Waals surface area contributed by atoms with Gasteiger partial charge in [-0.25, -0.2) is 4.79 Å². The summed E-state index contributed by atoms with van der Waals surface area (Å²) >= 11 is 0. The minimum absolute atomic E-state index is 0.184. The molecule has 0 bridgehead atoms. The third-order valence-corrected chi connectivity index (χ3v) is 10.3. The number of carbonyl (C=O) groups excluding carboxylic acids is 2. The number of likely N-dealkylation sites (N-methyl/N-ethyl adjacent to an activating group) is 1. The Morgan fingerprint density at radius 3 is 1.41 bits per heavy atom. The highest BCUT2D eigenvalue weighted by molar-refractivity contribution is 5.71. The lowest BCUT2D eigenvalue weighted by Gasteiger charge is -2.25. The van der Waals surface area contributed by atoms with Gasteiger partial charge in [0, 0.05) is 12.8 Å². The molecule has 9 nitrogen and oxygen atoms in total. The van der Waals surface area contributed by atoms with E-state index < -0.39 is 24.3 Å². The third kappa shape index (κ3) is 44.8. The van der Waals surface area contributed by atoms with Gasteiger partial charge in [0.2, 0.25) is 0 Å². The van der Waals surface area contributed by atoms with E-state index in [0.29, 0.717) is 17.4 Å². The van der Waals surface area contributed by atoms with Crippen molar-refractivity contribution in [3.05, 3.63) is 60.8 Å². The van der Waals surface area contributed by atoms with Crippen LogP contribution in [0.25, 0.3) is 0 Å². The summed E-state index contributed by atoms with van der Waals surface area (Å²) in [5, 5.41) is 9.64. The summed E-state index contributed by atoms with van der Waals surface area (Å²) in [5.41, 5.74) is 0. The fourth-order valence-electron chi connectivity index (χ4n) is 6.45. The number of hydrogen-bond acceptors (Lipinski definition) is 7. The molecule has 0 rings (SSSR count). The molecule has 0 aliphatic rings. The zero-order valence-corrected chi connectivity index (χ0v) is 39.8. The molecule has 2 unspecified atom stereocenters. The monoisotopic (exact) mass is 859 g/mol. The normalized spacial score (nSPS) is 13.4. The highest BCUT2D eigenvalue weighted by Crippen LogP contribution is 2.15. The number of quaternary nitrogens is 1. The molecule has 0 aliphatic carbocycles. The van der Waals surface area contributed by atoms with Gasteiger partial charge in [-0.15, -0.1) is 0 Å². The van der Waals surface area contributed by atoms with Crippen molar-refractivity contribution in [3.63, 3.8) is 0 Å². The summed E-state index contributed by atoms with van der Waals surface area (Å²) in [6, 6.07) is 0. The first-order valence-corrected chi connectivity index (χ1v) is 24.5. The fourth-order valence-corrected chi connectivity index (χ4v) is 6.45. The Labute approximate surface area is 374 Å². The number of esters is 2. The van der Waals surface area contributed by atoms with Crippen LogP contribution >= 0.6 is 0 Å². The van der Waals surface area contributed by atoms with Crippen LogP contribution in [0.2, 0.25) is 0 Å². The molecule has 1 N–H and O–H groups in total. The summed E-state index contributed by atoms with van der Waals surface area (Å²) in [6.45, 7) is 4.70. The maximum absolute atomic E-state index is 12.8. The maximum Gasteiger partial charge on any atom is 0.361 e. The van der Waals surface area contributed by atoms with Crippen molar-refractivity contribution in [1.29, 1.82) is 0 Å². The van der Waals surface area contributed by atoms with Crippen molar-refractivity contribution in [2.45, 2.75) is 206 Å². The lowest BCUT2D eigenvalue weighted by molar-refractivity contribution is -0.870. The minimum Gasteiger partial charge on any atom is -0.477 e. The second-order valence-electron chi connectivity index (χ2n) is 17.4. The molecule has 9 heteroatoms. The van der Waals surface area contributed by atoms with Gasteiger partial charge in [-0.3, -0.25) is 9.59 Å². The molecule has 0 saturated heterocycles. The molecule has 61 heavy (non-hydrogen) atoms. The Kier molecular flexibility index (Phi) is 41.5. The first-order chi connectivity index (χ1) is 29.6. The SMILES string of the molecule is CC/C=C\C/C=C\C/C=C\C/C=C\CCCCCCCCCCCCCCC(=O)OC(COC(=O)CCCCCCC/C=C\CCCC)COC(OCC[N+](C)(C)C)C(=O)O. The smallest absolute Gasteiger partial charge is 0.361 e. The van der Waals surface area contributed by atoms with Gasteiger partial charge in [0.25, 0.3) is 6.29 Å². The van der Waals surface area contributed by atoms with Crippen LogP contribution in [0.4, 0.5) is 0 Å². The number of carboxylic acids is 1. The Morgan fingerprint density at radius 2 is 0.934 bits per heavy atom. The summed E-state index contributed by atoms with van der Waals surface area (Å²) < 4.78 is 22.7. The molecule has 0 aromatic heterocycles.